The van der Waals surface area contributed by atoms with E-state index in [0.29, 0.717) is 15.7 Å². The van der Waals surface area contributed by atoms with E-state index < -0.39 is 0 Å². The molecule has 0 radical (unpaired) electrons. The van der Waals surface area contributed by atoms with Crippen LogP contribution in [0.5, 0.6) is 0 Å². The summed E-state index contributed by atoms with van der Waals surface area (Å²) < 4.78 is 0. The van der Waals surface area contributed by atoms with Gasteiger partial charge in [-0.15, -0.1) is 11.3 Å². The van der Waals surface area contributed by atoms with Crippen molar-refractivity contribution in [1.82, 2.24) is 4.98 Å². The molecule has 17 heavy (non-hydrogen) atoms. The highest BCUT2D eigenvalue weighted by Gasteiger charge is 2.06. The molecular formula is C11H11Cl2N3S. The minimum absolute atomic E-state index is 0.536. The van der Waals surface area contributed by atoms with E-state index in [4.69, 9.17) is 28.9 Å². The molecule has 2 rings (SSSR count). The highest BCUT2D eigenvalue weighted by atomic mass is 35.5. The summed E-state index contributed by atoms with van der Waals surface area (Å²) in [4.78, 5) is 4.20. The third kappa shape index (κ3) is 3.25. The zero-order chi connectivity index (χ0) is 12.3. The minimum atomic E-state index is 0.536. The first-order valence-corrected chi connectivity index (χ1v) is 6.67. The third-order valence-corrected chi connectivity index (χ3v) is 3.62. The molecule has 3 N–H and O–H groups in total. The second-order valence-corrected chi connectivity index (χ2v) is 5.26. The molecule has 90 valence electrons. The Labute approximate surface area is 114 Å². The number of nitrogens with two attached hydrogens (primary N) is 1. The van der Waals surface area contributed by atoms with Crippen LogP contribution in [0, 0.1) is 0 Å². The minimum Gasteiger partial charge on any atom is -0.399 e. The Morgan fingerprint density at radius 3 is 2.59 bits per heavy atom. The summed E-state index contributed by atoms with van der Waals surface area (Å²) >= 11 is 13.7. The SMILES string of the molecule is Nc1cc(Cl)c(NCCc2nccs2)c(Cl)c1. The Bertz CT molecular complexity index is 476. The molecule has 6 heteroatoms. The molecule has 0 aliphatic heterocycles. The number of hydrogen-bond donors (Lipinski definition) is 2. The first-order chi connectivity index (χ1) is 8.16. The van der Waals surface area contributed by atoms with E-state index in [2.05, 4.69) is 10.3 Å². The van der Waals surface area contributed by atoms with Gasteiger partial charge >= 0.3 is 0 Å². The lowest BCUT2D eigenvalue weighted by Crippen LogP contribution is -2.06. The van der Waals surface area contributed by atoms with Gasteiger partial charge in [-0.05, 0) is 12.1 Å². The normalized spacial score (nSPS) is 10.5. The summed E-state index contributed by atoms with van der Waals surface area (Å²) in [5.41, 5.74) is 6.91. The van der Waals surface area contributed by atoms with Crippen molar-refractivity contribution in [3.05, 3.63) is 38.8 Å². The summed E-state index contributed by atoms with van der Waals surface area (Å²) in [5.74, 6) is 0. The van der Waals surface area contributed by atoms with Crippen molar-refractivity contribution >= 4 is 45.9 Å². The Hall–Kier alpha value is -0.970. The first-order valence-electron chi connectivity index (χ1n) is 5.03. The van der Waals surface area contributed by atoms with Gasteiger partial charge in [0.05, 0.1) is 20.7 Å². The van der Waals surface area contributed by atoms with Crippen LogP contribution < -0.4 is 11.1 Å². The predicted molar refractivity (Wildman–Crippen MR) is 75.2 cm³/mol. The van der Waals surface area contributed by atoms with Crippen molar-refractivity contribution in [3.8, 4) is 0 Å². The summed E-state index contributed by atoms with van der Waals surface area (Å²) in [6.45, 7) is 0.733. The van der Waals surface area contributed by atoms with Gasteiger partial charge in [0.1, 0.15) is 0 Å². The Morgan fingerprint density at radius 2 is 2.00 bits per heavy atom. The van der Waals surface area contributed by atoms with Gasteiger partial charge in [-0.2, -0.15) is 0 Å². The van der Waals surface area contributed by atoms with Gasteiger partial charge in [-0.3, -0.25) is 0 Å². The van der Waals surface area contributed by atoms with Crippen molar-refractivity contribution in [3.63, 3.8) is 0 Å². The van der Waals surface area contributed by atoms with E-state index >= 15 is 0 Å². The van der Waals surface area contributed by atoms with Crippen LogP contribution in [0.25, 0.3) is 0 Å². The second kappa shape index (κ2) is 5.58. The second-order valence-electron chi connectivity index (χ2n) is 3.46. The van der Waals surface area contributed by atoms with E-state index in [1.807, 2.05) is 5.38 Å². The lowest BCUT2D eigenvalue weighted by atomic mass is 10.2. The van der Waals surface area contributed by atoms with Crippen molar-refractivity contribution in [2.75, 3.05) is 17.6 Å². The van der Waals surface area contributed by atoms with Gasteiger partial charge in [-0.1, -0.05) is 23.2 Å². The lowest BCUT2D eigenvalue weighted by Gasteiger charge is -2.10. The predicted octanol–water partition coefficient (Wildman–Crippen LogP) is 3.69. The quantitative estimate of drug-likeness (QED) is 0.844. The number of nitrogens with zero attached hydrogens (tertiary/aromatic N) is 1. The largest absolute Gasteiger partial charge is 0.399 e. The molecule has 0 spiro atoms. The van der Waals surface area contributed by atoms with Crippen LogP contribution in [0.15, 0.2) is 23.7 Å². The van der Waals surface area contributed by atoms with Gasteiger partial charge < -0.3 is 11.1 Å². The van der Waals surface area contributed by atoms with Crippen LogP contribution >= 0.6 is 34.5 Å². The van der Waals surface area contributed by atoms with Gasteiger partial charge in [0.2, 0.25) is 0 Å². The summed E-state index contributed by atoms with van der Waals surface area (Å²) in [6, 6.07) is 3.36. The van der Waals surface area contributed by atoms with E-state index in [0.717, 1.165) is 23.7 Å². The van der Waals surface area contributed by atoms with Crippen molar-refractivity contribution < 1.29 is 0 Å². The molecule has 0 atom stereocenters. The average molecular weight is 288 g/mol. The van der Waals surface area contributed by atoms with E-state index in [9.17, 15) is 0 Å². The number of benzene rings is 1. The van der Waals surface area contributed by atoms with Gasteiger partial charge in [-0.25, -0.2) is 4.98 Å². The van der Waals surface area contributed by atoms with Crippen LogP contribution in [0.1, 0.15) is 5.01 Å². The fourth-order valence-electron chi connectivity index (χ4n) is 1.43. The van der Waals surface area contributed by atoms with Gasteiger partial charge in [0, 0.05) is 30.2 Å². The number of aromatic nitrogens is 1. The first kappa shape index (κ1) is 12.5. The smallest absolute Gasteiger partial charge is 0.0942 e. The van der Waals surface area contributed by atoms with Crippen LogP contribution in [0.3, 0.4) is 0 Å². The maximum atomic E-state index is 6.06. The van der Waals surface area contributed by atoms with Crippen molar-refractivity contribution in [2.24, 2.45) is 0 Å². The van der Waals surface area contributed by atoms with Gasteiger partial charge in [0.25, 0.3) is 0 Å². The molecule has 0 saturated heterocycles. The van der Waals surface area contributed by atoms with Crippen LogP contribution in [0.4, 0.5) is 11.4 Å². The number of halogens is 2. The number of nitrogen functional groups attached to an aromatic ring is 1. The zero-order valence-corrected chi connectivity index (χ0v) is 11.2. The van der Waals surface area contributed by atoms with Crippen molar-refractivity contribution in [2.45, 2.75) is 6.42 Å². The molecule has 0 saturated carbocycles. The fraction of sp³-hybridized carbons (Fsp3) is 0.182. The maximum Gasteiger partial charge on any atom is 0.0942 e. The van der Waals surface area contributed by atoms with E-state index in [1.54, 1.807) is 29.7 Å². The third-order valence-electron chi connectivity index (χ3n) is 2.19. The summed E-state index contributed by atoms with van der Waals surface area (Å²) in [6.07, 6.45) is 2.64. The molecular weight excluding hydrogens is 277 g/mol. The monoisotopic (exact) mass is 287 g/mol. The number of anilines is 2. The number of nitrogens with one attached hydrogen (secondary N) is 1. The summed E-state index contributed by atoms with van der Waals surface area (Å²) in [5, 5.41) is 7.31. The number of thiazole rings is 1. The number of hydrogen-bond acceptors (Lipinski definition) is 4. The molecule has 2 aromatic rings. The Balaban J connectivity index is 1.99. The molecule has 3 nitrogen and oxygen atoms in total. The topological polar surface area (TPSA) is 50.9 Å². The molecule has 1 aromatic heterocycles. The standard InChI is InChI=1S/C11H11Cl2N3S/c12-8-5-7(14)6-9(13)11(8)16-2-1-10-15-3-4-17-10/h3-6,16H,1-2,14H2. The molecule has 0 fully saturated rings. The average Bonchev–Trinajstić information content (AvgIpc) is 2.74. The van der Waals surface area contributed by atoms with E-state index in [1.165, 1.54) is 0 Å². The molecule has 0 aliphatic carbocycles. The molecule has 1 heterocycles. The molecule has 0 unspecified atom stereocenters. The van der Waals surface area contributed by atoms with Crippen molar-refractivity contribution in [1.29, 1.82) is 0 Å². The molecule has 1 aromatic carbocycles. The lowest BCUT2D eigenvalue weighted by molar-refractivity contribution is 0.998. The molecule has 0 bridgehead atoms. The molecule has 0 amide bonds. The number of rotatable bonds is 4. The van der Waals surface area contributed by atoms with Gasteiger partial charge in [0.15, 0.2) is 0 Å². The maximum absolute atomic E-state index is 6.06. The van der Waals surface area contributed by atoms with Crippen LogP contribution in [0.2, 0.25) is 10.0 Å². The Kier molecular flexibility index (Phi) is 4.10. The Morgan fingerprint density at radius 1 is 1.29 bits per heavy atom. The molecule has 0 aliphatic rings. The zero-order valence-electron chi connectivity index (χ0n) is 8.91. The highest BCUT2D eigenvalue weighted by Crippen LogP contribution is 2.32. The highest BCUT2D eigenvalue weighted by molar-refractivity contribution is 7.09. The van der Waals surface area contributed by atoms with Crippen LogP contribution in [-0.4, -0.2) is 11.5 Å². The van der Waals surface area contributed by atoms with Crippen LogP contribution in [-0.2, 0) is 6.42 Å². The fourth-order valence-corrected chi connectivity index (χ4v) is 2.69. The van der Waals surface area contributed by atoms with E-state index in [-0.39, 0.29) is 0 Å². The summed E-state index contributed by atoms with van der Waals surface area (Å²) in [7, 11) is 0.